The molecule has 1 atom stereocenters. The fourth-order valence-electron chi connectivity index (χ4n) is 2.42. The molecule has 0 unspecified atom stereocenters. The first-order valence-electron chi connectivity index (χ1n) is 6.47. The third-order valence-electron chi connectivity index (χ3n) is 3.53. The van der Waals surface area contributed by atoms with Crippen molar-refractivity contribution >= 4 is 17.2 Å². The lowest BCUT2D eigenvalue weighted by Crippen LogP contribution is -2.43. The summed E-state index contributed by atoms with van der Waals surface area (Å²) in [4.78, 5) is 19.4. The average Bonchev–Trinajstić information content (AvgIpc) is 3.06. The molecule has 0 aromatic carbocycles. The topological polar surface area (TPSA) is 71.1 Å². The molecule has 1 N–H and O–H groups in total. The number of thiazole rings is 1. The van der Waals surface area contributed by atoms with Crippen molar-refractivity contribution in [2.24, 2.45) is 0 Å². The second-order valence-electron chi connectivity index (χ2n) is 4.82. The number of carbonyl (C=O) groups excluding carboxylic acids is 1. The number of aryl methyl sites for hydroxylation is 2. The SMILES string of the molecule is Cc1cn[nH]c1[C@H]1COCCN1C(=O)c1scnc1C. The van der Waals surface area contributed by atoms with E-state index in [1.165, 1.54) is 11.3 Å². The first kappa shape index (κ1) is 13.3. The molecule has 1 aliphatic rings. The maximum absolute atomic E-state index is 12.7. The molecule has 3 rings (SSSR count). The van der Waals surface area contributed by atoms with E-state index >= 15 is 0 Å². The van der Waals surface area contributed by atoms with Crippen LogP contribution in [-0.4, -0.2) is 45.7 Å². The van der Waals surface area contributed by atoms with Crippen molar-refractivity contribution in [3.8, 4) is 0 Å². The fourth-order valence-corrected chi connectivity index (χ4v) is 3.17. The Kier molecular flexibility index (Phi) is 3.54. The van der Waals surface area contributed by atoms with Gasteiger partial charge in [0.15, 0.2) is 0 Å². The minimum atomic E-state index is -0.111. The molecule has 3 heterocycles. The van der Waals surface area contributed by atoms with Gasteiger partial charge >= 0.3 is 0 Å². The van der Waals surface area contributed by atoms with Gasteiger partial charge in [-0.05, 0) is 19.4 Å². The van der Waals surface area contributed by atoms with E-state index in [0.717, 1.165) is 17.0 Å². The number of carbonyl (C=O) groups is 1. The highest BCUT2D eigenvalue weighted by atomic mass is 32.1. The van der Waals surface area contributed by atoms with Crippen LogP contribution in [0.25, 0.3) is 0 Å². The average molecular weight is 292 g/mol. The maximum atomic E-state index is 12.7. The van der Waals surface area contributed by atoms with E-state index in [-0.39, 0.29) is 11.9 Å². The van der Waals surface area contributed by atoms with E-state index < -0.39 is 0 Å². The zero-order valence-corrected chi connectivity index (χ0v) is 12.2. The molecule has 20 heavy (non-hydrogen) atoms. The number of aromatic nitrogens is 3. The molecule has 0 saturated carbocycles. The van der Waals surface area contributed by atoms with Crippen molar-refractivity contribution in [1.29, 1.82) is 0 Å². The molecule has 1 fully saturated rings. The summed E-state index contributed by atoms with van der Waals surface area (Å²) >= 11 is 1.39. The third kappa shape index (κ3) is 2.23. The quantitative estimate of drug-likeness (QED) is 0.914. The van der Waals surface area contributed by atoms with E-state index in [1.807, 2.05) is 18.7 Å². The van der Waals surface area contributed by atoms with Crippen LogP contribution in [0.4, 0.5) is 0 Å². The standard InChI is InChI=1S/C13H16N4O2S/c1-8-5-15-16-11(8)10-6-19-4-3-17(10)13(18)12-9(2)14-7-20-12/h5,7,10H,3-4,6H2,1-2H3,(H,15,16)/t10-/m1/s1. The molecular formula is C13H16N4O2S. The Labute approximate surface area is 120 Å². The van der Waals surface area contributed by atoms with Gasteiger partial charge in [0.2, 0.25) is 0 Å². The van der Waals surface area contributed by atoms with Gasteiger partial charge in [0.1, 0.15) is 4.88 Å². The number of amides is 1. The fraction of sp³-hybridized carbons (Fsp3) is 0.462. The second-order valence-corrected chi connectivity index (χ2v) is 5.68. The van der Waals surface area contributed by atoms with Gasteiger partial charge in [0, 0.05) is 6.54 Å². The summed E-state index contributed by atoms with van der Waals surface area (Å²) in [6, 6.07) is -0.111. The molecule has 106 valence electrons. The number of rotatable bonds is 2. The largest absolute Gasteiger partial charge is 0.377 e. The molecule has 1 aliphatic heterocycles. The molecule has 2 aromatic heterocycles. The monoisotopic (exact) mass is 292 g/mol. The number of hydrogen-bond acceptors (Lipinski definition) is 5. The maximum Gasteiger partial charge on any atom is 0.266 e. The van der Waals surface area contributed by atoms with Crippen molar-refractivity contribution in [1.82, 2.24) is 20.1 Å². The lowest BCUT2D eigenvalue weighted by atomic mass is 10.1. The lowest BCUT2D eigenvalue weighted by Gasteiger charge is -2.35. The smallest absolute Gasteiger partial charge is 0.266 e. The summed E-state index contributed by atoms with van der Waals surface area (Å²) in [7, 11) is 0. The predicted molar refractivity (Wildman–Crippen MR) is 74.8 cm³/mol. The Morgan fingerprint density at radius 3 is 3.05 bits per heavy atom. The van der Waals surface area contributed by atoms with Gasteiger partial charge in [0.25, 0.3) is 5.91 Å². The molecule has 2 aromatic rings. The summed E-state index contributed by atoms with van der Waals surface area (Å²) in [6.07, 6.45) is 1.77. The summed E-state index contributed by atoms with van der Waals surface area (Å²) in [5.74, 6) is 0.0206. The van der Waals surface area contributed by atoms with Crippen LogP contribution >= 0.6 is 11.3 Å². The third-order valence-corrected chi connectivity index (χ3v) is 4.45. The Morgan fingerprint density at radius 2 is 2.40 bits per heavy atom. The minimum Gasteiger partial charge on any atom is -0.377 e. The first-order valence-corrected chi connectivity index (χ1v) is 7.35. The predicted octanol–water partition coefficient (Wildman–Crippen LogP) is 1.70. The van der Waals surface area contributed by atoms with Crippen molar-refractivity contribution < 1.29 is 9.53 Å². The summed E-state index contributed by atoms with van der Waals surface area (Å²) in [6.45, 7) is 5.48. The number of morpholine rings is 1. The second kappa shape index (κ2) is 5.34. The van der Waals surface area contributed by atoms with E-state index in [1.54, 1.807) is 11.7 Å². The van der Waals surface area contributed by atoms with Crippen LogP contribution in [-0.2, 0) is 4.74 Å². The van der Waals surface area contributed by atoms with Crippen molar-refractivity contribution in [2.75, 3.05) is 19.8 Å². The summed E-state index contributed by atoms with van der Waals surface area (Å²) in [5.41, 5.74) is 4.48. The van der Waals surface area contributed by atoms with Gasteiger partial charge in [-0.2, -0.15) is 5.10 Å². The Morgan fingerprint density at radius 1 is 1.55 bits per heavy atom. The normalized spacial score (nSPS) is 19.3. The van der Waals surface area contributed by atoms with Crippen molar-refractivity contribution in [3.63, 3.8) is 0 Å². The number of aromatic amines is 1. The van der Waals surface area contributed by atoms with E-state index in [9.17, 15) is 4.79 Å². The Hall–Kier alpha value is -1.73. The number of H-pyrrole nitrogens is 1. The molecule has 0 aliphatic carbocycles. The van der Waals surface area contributed by atoms with Crippen LogP contribution in [0.1, 0.15) is 32.7 Å². The summed E-state index contributed by atoms with van der Waals surface area (Å²) in [5, 5.41) is 7.03. The van der Waals surface area contributed by atoms with Gasteiger partial charge in [-0.15, -0.1) is 11.3 Å². The van der Waals surface area contributed by atoms with Crippen LogP contribution < -0.4 is 0 Å². The van der Waals surface area contributed by atoms with E-state index in [2.05, 4.69) is 15.2 Å². The number of nitrogens with zero attached hydrogens (tertiary/aromatic N) is 3. The molecular weight excluding hydrogens is 276 g/mol. The highest BCUT2D eigenvalue weighted by Crippen LogP contribution is 2.28. The van der Waals surface area contributed by atoms with Gasteiger partial charge in [-0.25, -0.2) is 4.98 Å². The molecule has 0 bridgehead atoms. The van der Waals surface area contributed by atoms with Crippen molar-refractivity contribution in [3.05, 3.63) is 33.5 Å². The highest BCUT2D eigenvalue weighted by molar-refractivity contribution is 7.11. The van der Waals surface area contributed by atoms with Gasteiger partial charge in [-0.1, -0.05) is 0 Å². The number of nitrogens with one attached hydrogen (secondary N) is 1. The summed E-state index contributed by atoms with van der Waals surface area (Å²) < 4.78 is 5.54. The van der Waals surface area contributed by atoms with Crippen LogP contribution in [0.15, 0.2) is 11.7 Å². The van der Waals surface area contributed by atoms with E-state index in [0.29, 0.717) is 24.6 Å². The molecule has 1 amide bonds. The molecule has 6 nitrogen and oxygen atoms in total. The Bertz CT molecular complexity index is 621. The Balaban J connectivity index is 1.92. The first-order chi connectivity index (χ1) is 9.68. The molecule has 0 spiro atoms. The van der Waals surface area contributed by atoms with Crippen molar-refractivity contribution in [2.45, 2.75) is 19.9 Å². The van der Waals surface area contributed by atoms with Gasteiger partial charge in [-0.3, -0.25) is 9.89 Å². The number of ether oxygens (including phenoxy) is 1. The lowest BCUT2D eigenvalue weighted by molar-refractivity contribution is -0.00386. The van der Waals surface area contributed by atoms with Crippen LogP contribution in [0.2, 0.25) is 0 Å². The molecule has 0 radical (unpaired) electrons. The zero-order valence-electron chi connectivity index (χ0n) is 11.4. The van der Waals surface area contributed by atoms with Crippen LogP contribution in [0.3, 0.4) is 0 Å². The molecule has 7 heteroatoms. The van der Waals surface area contributed by atoms with E-state index in [4.69, 9.17) is 4.74 Å². The van der Waals surface area contributed by atoms with Gasteiger partial charge < -0.3 is 9.64 Å². The van der Waals surface area contributed by atoms with Crippen LogP contribution in [0, 0.1) is 13.8 Å². The molecule has 1 saturated heterocycles. The highest BCUT2D eigenvalue weighted by Gasteiger charge is 2.32. The van der Waals surface area contributed by atoms with Gasteiger partial charge in [0.05, 0.1) is 42.4 Å². The van der Waals surface area contributed by atoms with Crippen LogP contribution in [0.5, 0.6) is 0 Å². The minimum absolute atomic E-state index is 0.0206. The zero-order chi connectivity index (χ0) is 14.1. The number of hydrogen-bond donors (Lipinski definition) is 1.